The van der Waals surface area contributed by atoms with Gasteiger partial charge in [-0.1, -0.05) is 25.9 Å². The fourth-order valence-corrected chi connectivity index (χ4v) is 1.02. The van der Waals surface area contributed by atoms with Crippen molar-refractivity contribution in [3.63, 3.8) is 0 Å². The van der Waals surface area contributed by atoms with E-state index in [1.165, 1.54) is 0 Å². The van der Waals surface area contributed by atoms with Gasteiger partial charge in [0.15, 0.2) is 0 Å². The fraction of sp³-hybridized carbons (Fsp3) is 0.625. The molecule has 2 heteroatoms. The second-order valence-electron chi connectivity index (χ2n) is 3.59. The lowest BCUT2D eigenvalue weighted by Gasteiger charge is -2.13. The largest absolute Gasteiger partial charge is 0.361 e. The molecule has 0 radical (unpaired) electrons. The van der Waals surface area contributed by atoms with Gasteiger partial charge in [0.25, 0.3) is 0 Å². The maximum atomic E-state index is 5.08. The second-order valence-corrected chi connectivity index (χ2v) is 3.59. The zero-order valence-electron chi connectivity index (χ0n) is 6.93. The Bertz CT molecular complexity index is 219. The summed E-state index contributed by atoms with van der Waals surface area (Å²) in [6.45, 7) is 8.35. The molecule has 0 amide bonds. The Balaban J connectivity index is 3.05. The van der Waals surface area contributed by atoms with Crippen molar-refractivity contribution in [3.8, 4) is 0 Å². The molecule has 0 aliphatic heterocycles. The molecule has 0 bridgehead atoms. The lowest BCUT2D eigenvalue weighted by Crippen LogP contribution is -2.10. The van der Waals surface area contributed by atoms with Gasteiger partial charge in [0.05, 0.1) is 6.20 Å². The number of nitrogens with zero attached hydrogens (tertiary/aromatic N) is 1. The maximum absolute atomic E-state index is 5.08. The number of aryl methyl sites for hydroxylation is 1. The maximum Gasteiger partial charge on any atom is 0.144 e. The molecule has 0 fully saturated rings. The third-order valence-corrected chi connectivity index (χ3v) is 1.43. The van der Waals surface area contributed by atoms with Crippen molar-refractivity contribution >= 4 is 0 Å². The molecule has 2 nitrogen and oxygen atoms in total. The second kappa shape index (κ2) is 2.11. The van der Waals surface area contributed by atoms with Crippen molar-refractivity contribution in [1.82, 2.24) is 5.16 Å². The molecule has 0 atom stereocenters. The van der Waals surface area contributed by atoms with Gasteiger partial charge in [-0.25, -0.2) is 0 Å². The van der Waals surface area contributed by atoms with Gasteiger partial charge >= 0.3 is 0 Å². The first kappa shape index (κ1) is 7.32. The van der Waals surface area contributed by atoms with Gasteiger partial charge in [-0.05, 0) is 6.92 Å². The van der Waals surface area contributed by atoms with Crippen molar-refractivity contribution in [2.24, 2.45) is 0 Å². The smallest absolute Gasteiger partial charge is 0.144 e. The highest BCUT2D eigenvalue weighted by Crippen LogP contribution is 2.24. The van der Waals surface area contributed by atoms with Gasteiger partial charge in [0.1, 0.15) is 5.76 Å². The van der Waals surface area contributed by atoms with Crippen molar-refractivity contribution in [3.05, 3.63) is 17.5 Å². The van der Waals surface area contributed by atoms with Gasteiger partial charge in [-0.2, -0.15) is 0 Å². The lowest BCUT2D eigenvalue weighted by molar-refractivity contribution is 0.328. The summed E-state index contributed by atoms with van der Waals surface area (Å²) in [5.41, 5.74) is 1.22. The van der Waals surface area contributed by atoms with Crippen molar-refractivity contribution < 1.29 is 4.52 Å². The van der Waals surface area contributed by atoms with Crippen molar-refractivity contribution in [2.45, 2.75) is 33.1 Å². The van der Waals surface area contributed by atoms with Gasteiger partial charge in [0.2, 0.25) is 0 Å². The van der Waals surface area contributed by atoms with Crippen LogP contribution in [0.2, 0.25) is 0 Å². The molecule has 0 saturated carbocycles. The van der Waals surface area contributed by atoms with E-state index in [0.29, 0.717) is 0 Å². The normalized spacial score (nSPS) is 12.0. The molecular weight excluding hydrogens is 126 g/mol. The monoisotopic (exact) mass is 139 g/mol. The van der Waals surface area contributed by atoms with E-state index in [1.807, 2.05) is 6.92 Å². The number of hydrogen-bond acceptors (Lipinski definition) is 2. The standard InChI is InChI=1S/C8H13NO/c1-6-5-9-10-7(6)8(2,3)4/h5H,1-4H3. The summed E-state index contributed by atoms with van der Waals surface area (Å²) in [6.07, 6.45) is 1.75. The van der Waals surface area contributed by atoms with E-state index in [-0.39, 0.29) is 5.41 Å². The van der Waals surface area contributed by atoms with Crippen LogP contribution in [-0.2, 0) is 5.41 Å². The van der Waals surface area contributed by atoms with E-state index in [9.17, 15) is 0 Å². The van der Waals surface area contributed by atoms with Gasteiger partial charge in [-0.3, -0.25) is 0 Å². The molecular formula is C8H13NO. The van der Waals surface area contributed by atoms with Crippen LogP contribution in [0.1, 0.15) is 32.1 Å². The zero-order valence-corrected chi connectivity index (χ0v) is 6.93. The van der Waals surface area contributed by atoms with Crippen LogP contribution in [0.3, 0.4) is 0 Å². The zero-order chi connectivity index (χ0) is 7.78. The predicted octanol–water partition coefficient (Wildman–Crippen LogP) is 2.28. The van der Waals surface area contributed by atoms with Crippen molar-refractivity contribution in [2.75, 3.05) is 0 Å². The molecule has 0 aliphatic carbocycles. The molecule has 1 aromatic heterocycles. The minimum Gasteiger partial charge on any atom is -0.361 e. The molecule has 56 valence electrons. The highest BCUT2D eigenvalue weighted by molar-refractivity contribution is 5.18. The van der Waals surface area contributed by atoms with Crippen LogP contribution >= 0.6 is 0 Å². The first-order valence-corrected chi connectivity index (χ1v) is 3.43. The van der Waals surface area contributed by atoms with E-state index in [4.69, 9.17) is 4.52 Å². The molecule has 10 heavy (non-hydrogen) atoms. The van der Waals surface area contributed by atoms with Gasteiger partial charge in [0, 0.05) is 11.0 Å². The van der Waals surface area contributed by atoms with E-state index in [1.54, 1.807) is 6.20 Å². The average Bonchev–Trinajstić information content (AvgIpc) is 2.11. The summed E-state index contributed by atoms with van der Waals surface area (Å²) in [4.78, 5) is 0. The summed E-state index contributed by atoms with van der Waals surface area (Å²) < 4.78 is 5.08. The topological polar surface area (TPSA) is 26.0 Å². The van der Waals surface area contributed by atoms with E-state index in [0.717, 1.165) is 11.3 Å². The molecule has 1 rings (SSSR count). The molecule has 0 aromatic carbocycles. The third kappa shape index (κ3) is 1.20. The fourth-order valence-electron chi connectivity index (χ4n) is 1.02. The summed E-state index contributed by atoms with van der Waals surface area (Å²) in [5.74, 6) is 0.979. The molecule has 0 spiro atoms. The number of hydrogen-bond donors (Lipinski definition) is 0. The van der Waals surface area contributed by atoms with Gasteiger partial charge < -0.3 is 4.52 Å². The number of aromatic nitrogens is 1. The molecule has 0 aliphatic rings. The van der Waals surface area contributed by atoms with E-state index >= 15 is 0 Å². The number of rotatable bonds is 0. The van der Waals surface area contributed by atoms with Crippen molar-refractivity contribution in [1.29, 1.82) is 0 Å². The lowest BCUT2D eigenvalue weighted by atomic mass is 9.91. The Labute approximate surface area is 61.2 Å². The van der Waals surface area contributed by atoms with Crippen LogP contribution in [-0.4, -0.2) is 5.16 Å². The summed E-state index contributed by atoms with van der Waals surface area (Å²) in [5, 5.41) is 3.71. The Morgan fingerprint density at radius 3 is 2.20 bits per heavy atom. The highest BCUT2D eigenvalue weighted by Gasteiger charge is 2.20. The minimum atomic E-state index is 0.0839. The third-order valence-electron chi connectivity index (χ3n) is 1.43. The average molecular weight is 139 g/mol. The Kier molecular flexibility index (Phi) is 1.55. The SMILES string of the molecule is Cc1cnoc1C(C)(C)C. The molecule has 0 saturated heterocycles. The summed E-state index contributed by atoms with van der Waals surface area (Å²) in [6, 6.07) is 0. The van der Waals surface area contributed by atoms with Crippen LogP contribution in [0, 0.1) is 6.92 Å². The highest BCUT2D eigenvalue weighted by atomic mass is 16.5. The molecule has 0 N–H and O–H groups in total. The Hall–Kier alpha value is -0.790. The van der Waals surface area contributed by atoms with E-state index in [2.05, 4.69) is 25.9 Å². The van der Waals surface area contributed by atoms with Crippen LogP contribution in [0.4, 0.5) is 0 Å². The van der Waals surface area contributed by atoms with Gasteiger partial charge in [-0.15, -0.1) is 0 Å². The predicted molar refractivity (Wildman–Crippen MR) is 39.9 cm³/mol. The first-order chi connectivity index (χ1) is 4.52. The summed E-state index contributed by atoms with van der Waals surface area (Å²) in [7, 11) is 0. The Morgan fingerprint density at radius 2 is 2.00 bits per heavy atom. The Morgan fingerprint density at radius 1 is 1.40 bits per heavy atom. The van der Waals surface area contributed by atoms with E-state index < -0.39 is 0 Å². The summed E-state index contributed by atoms with van der Waals surface area (Å²) >= 11 is 0. The first-order valence-electron chi connectivity index (χ1n) is 3.43. The van der Waals surface area contributed by atoms with Crippen LogP contribution in [0.25, 0.3) is 0 Å². The molecule has 0 unspecified atom stereocenters. The minimum absolute atomic E-state index is 0.0839. The van der Waals surface area contributed by atoms with Crippen LogP contribution in [0.15, 0.2) is 10.7 Å². The van der Waals surface area contributed by atoms with Crippen LogP contribution in [0.5, 0.6) is 0 Å². The molecule has 1 aromatic rings. The van der Waals surface area contributed by atoms with Crippen LogP contribution < -0.4 is 0 Å². The molecule has 1 heterocycles. The quantitative estimate of drug-likeness (QED) is 0.551.